The van der Waals surface area contributed by atoms with Crippen LogP contribution in [-0.2, 0) is 5.54 Å². The molecule has 1 aliphatic rings. The van der Waals surface area contributed by atoms with Gasteiger partial charge in [0.05, 0.1) is 5.54 Å². The zero-order valence-corrected chi connectivity index (χ0v) is 19.8. The topological polar surface area (TPSA) is 15.3 Å². The molecule has 0 radical (unpaired) electrons. The molecule has 0 heterocycles. The summed E-state index contributed by atoms with van der Waals surface area (Å²) < 4.78 is 0. The number of rotatable bonds is 6. The minimum absolute atomic E-state index is 0.312. The number of aryl methyl sites for hydroxylation is 2. The molecule has 0 amide bonds. The van der Waals surface area contributed by atoms with E-state index in [-0.39, 0.29) is 5.54 Å². The molecule has 1 N–H and O–H groups in total. The Kier molecular flexibility index (Phi) is 6.05. The third-order valence-corrected chi connectivity index (χ3v) is 6.38. The molecule has 0 aliphatic heterocycles. The van der Waals surface area contributed by atoms with Gasteiger partial charge in [0.1, 0.15) is 0 Å². The maximum Gasteiger partial charge on any atom is 0.0848 e. The van der Waals surface area contributed by atoms with Crippen LogP contribution in [-0.4, -0.2) is 0 Å². The molecule has 5 rings (SSSR count). The SMILES string of the molecule is Cc1cccc(NC2(c3ccccc3)C=CC(N(c3ccccc3)c3cccc(C)c3)=CC2)c1. The van der Waals surface area contributed by atoms with Crippen molar-refractivity contribution in [2.75, 3.05) is 10.2 Å². The molecule has 0 saturated heterocycles. The lowest BCUT2D eigenvalue weighted by Crippen LogP contribution is -2.35. The van der Waals surface area contributed by atoms with E-state index in [0.717, 1.165) is 17.8 Å². The maximum absolute atomic E-state index is 3.85. The van der Waals surface area contributed by atoms with Crippen LogP contribution in [0.3, 0.4) is 0 Å². The van der Waals surface area contributed by atoms with E-state index >= 15 is 0 Å². The monoisotopic (exact) mass is 442 g/mol. The molecule has 168 valence electrons. The van der Waals surface area contributed by atoms with E-state index in [1.54, 1.807) is 0 Å². The quantitative estimate of drug-likeness (QED) is 0.323. The van der Waals surface area contributed by atoms with Gasteiger partial charge in [-0.1, -0.05) is 84.9 Å². The highest BCUT2D eigenvalue weighted by Gasteiger charge is 2.31. The molecular formula is C32H30N2. The van der Waals surface area contributed by atoms with Gasteiger partial charge < -0.3 is 10.2 Å². The number of para-hydroxylation sites is 1. The van der Waals surface area contributed by atoms with Crippen molar-refractivity contribution in [1.29, 1.82) is 0 Å². The highest BCUT2D eigenvalue weighted by Crippen LogP contribution is 2.39. The first-order chi connectivity index (χ1) is 16.6. The first kappa shape index (κ1) is 21.8. The van der Waals surface area contributed by atoms with Gasteiger partial charge in [-0.15, -0.1) is 0 Å². The summed E-state index contributed by atoms with van der Waals surface area (Å²) in [7, 11) is 0. The molecule has 2 nitrogen and oxygen atoms in total. The average molecular weight is 443 g/mol. The van der Waals surface area contributed by atoms with Gasteiger partial charge in [0.2, 0.25) is 0 Å². The summed E-state index contributed by atoms with van der Waals surface area (Å²) in [5.74, 6) is 0. The number of allylic oxidation sites excluding steroid dienone is 1. The first-order valence-electron chi connectivity index (χ1n) is 11.8. The van der Waals surface area contributed by atoms with Gasteiger partial charge in [-0.3, -0.25) is 0 Å². The van der Waals surface area contributed by atoms with Gasteiger partial charge in [-0.25, -0.2) is 0 Å². The van der Waals surface area contributed by atoms with Gasteiger partial charge in [0.25, 0.3) is 0 Å². The molecule has 0 spiro atoms. The molecule has 1 aliphatic carbocycles. The Morgan fingerprint density at radius 2 is 1.32 bits per heavy atom. The minimum Gasteiger partial charge on any atom is -0.372 e. The number of hydrogen-bond donors (Lipinski definition) is 1. The van der Waals surface area contributed by atoms with Crippen molar-refractivity contribution < 1.29 is 0 Å². The van der Waals surface area contributed by atoms with E-state index in [2.05, 4.69) is 151 Å². The third kappa shape index (κ3) is 4.53. The summed E-state index contributed by atoms with van der Waals surface area (Å²) in [5, 5.41) is 3.85. The fraction of sp³-hybridized carbons (Fsp3) is 0.125. The Balaban J connectivity index is 1.55. The van der Waals surface area contributed by atoms with Crippen LogP contribution in [0.4, 0.5) is 17.1 Å². The number of benzene rings is 4. The molecule has 0 bridgehead atoms. The number of nitrogens with zero attached hydrogens (tertiary/aromatic N) is 1. The van der Waals surface area contributed by atoms with Crippen LogP contribution in [0, 0.1) is 13.8 Å². The van der Waals surface area contributed by atoms with Crippen molar-refractivity contribution >= 4 is 17.1 Å². The molecule has 4 aromatic rings. The summed E-state index contributed by atoms with van der Waals surface area (Å²) in [6.45, 7) is 4.28. The second-order valence-electron chi connectivity index (χ2n) is 9.01. The number of anilines is 3. The first-order valence-corrected chi connectivity index (χ1v) is 11.8. The Bertz CT molecular complexity index is 1320. The fourth-order valence-corrected chi connectivity index (χ4v) is 4.68. The highest BCUT2D eigenvalue weighted by molar-refractivity contribution is 5.71. The van der Waals surface area contributed by atoms with Gasteiger partial charge in [-0.05, 0) is 79.4 Å². The average Bonchev–Trinajstić information content (AvgIpc) is 2.87. The Hall–Kier alpha value is -4.04. The smallest absolute Gasteiger partial charge is 0.0848 e. The summed E-state index contributed by atoms with van der Waals surface area (Å²) in [5.41, 5.74) is 8.07. The van der Waals surface area contributed by atoms with Gasteiger partial charge in [0, 0.05) is 22.8 Å². The molecule has 4 aromatic carbocycles. The molecule has 34 heavy (non-hydrogen) atoms. The Morgan fingerprint density at radius 1 is 0.676 bits per heavy atom. The van der Waals surface area contributed by atoms with Crippen LogP contribution in [0.25, 0.3) is 0 Å². The van der Waals surface area contributed by atoms with Crippen molar-refractivity contribution in [3.8, 4) is 0 Å². The summed E-state index contributed by atoms with van der Waals surface area (Å²) in [6.07, 6.45) is 7.78. The lowest BCUT2D eigenvalue weighted by atomic mass is 9.82. The molecular weight excluding hydrogens is 412 g/mol. The van der Waals surface area contributed by atoms with Gasteiger partial charge in [0.15, 0.2) is 0 Å². The van der Waals surface area contributed by atoms with E-state index in [1.807, 2.05) is 0 Å². The standard InChI is InChI=1S/C32H30N2/c1-25-11-9-15-28(23-25)33-32(27-13-5-3-6-14-27)21-19-30(20-22-32)34(29-16-7-4-8-17-29)31-18-10-12-26(2)24-31/h3-21,23-24,33H,22H2,1-2H3. The van der Waals surface area contributed by atoms with Crippen LogP contribution < -0.4 is 10.2 Å². The molecule has 1 unspecified atom stereocenters. The van der Waals surface area contributed by atoms with Crippen LogP contribution in [0.5, 0.6) is 0 Å². The molecule has 0 fully saturated rings. The molecule has 1 atom stereocenters. The fourth-order valence-electron chi connectivity index (χ4n) is 4.68. The van der Waals surface area contributed by atoms with Crippen molar-refractivity contribution in [3.05, 3.63) is 150 Å². The predicted molar refractivity (Wildman–Crippen MR) is 145 cm³/mol. The zero-order valence-electron chi connectivity index (χ0n) is 19.8. The van der Waals surface area contributed by atoms with E-state index in [9.17, 15) is 0 Å². The van der Waals surface area contributed by atoms with Crippen LogP contribution >= 0.6 is 0 Å². The Morgan fingerprint density at radius 3 is 1.97 bits per heavy atom. The highest BCUT2D eigenvalue weighted by atomic mass is 15.1. The second kappa shape index (κ2) is 9.44. The van der Waals surface area contributed by atoms with Crippen molar-refractivity contribution in [1.82, 2.24) is 0 Å². The Labute approximate surface area is 202 Å². The predicted octanol–water partition coefficient (Wildman–Crippen LogP) is 8.29. The van der Waals surface area contributed by atoms with Crippen LogP contribution in [0.2, 0.25) is 0 Å². The molecule has 0 saturated carbocycles. The molecule has 0 aromatic heterocycles. The van der Waals surface area contributed by atoms with Crippen molar-refractivity contribution in [3.63, 3.8) is 0 Å². The van der Waals surface area contributed by atoms with Crippen molar-refractivity contribution in [2.45, 2.75) is 25.8 Å². The normalized spacial score (nSPS) is 17.2. The summed E-state index contributed by atoms with van der Waals surface area (Å²) in [4.78, 5) is 2.34. The lowest BCUT2D eigenvalue weighted by molar-refractivity contribution is 0.613. The molecule has 2 heteroatoms. The van der Waals surface area contributed by atoms with Crippen molar-refractivity contribution in [2.24, 2.45) is 0 Å². The summed E-state index contributed by atoms with van der Waals surface area (Å²) >= 11 is 0. The third-order valence-electron chi connectivity index (χ3n) is 6.38. The number of hydrogen-bond acceptors (Lipinski definition) is 2. The van der Waals surface area contributed by atoms with Gasteiger partial charge in [-0.2, -0.15) is 0 Å². The lowest BCUT2D eigenvalue weighted by Gasteiger charge is -2.37. The largest absolute Gasteiger partial charge is 0.372 e. The maximum atomic E-state index is 3.85. The number of nitrogens with one attached hydrogen (secondary N) is 1. The zero-order chi connectivity index (χ0) is 23.4. The van der Waals surface area contributed by atoms with E-state index in [0.29, 0.717) is 0 Å². The van der Waals surface area contributed by atoms with E-state index < -0.39 is 0 Å². The second-order valence-corrected chi connectivity index (χ2v) is 9.01. The summed E-state index contributed by atoms with van der Waals surface area (Å²) in [6, 6.07) is 38.6. The van der Waals surface area contributed by atoms with Crippen LogP contribution in [0.15, 0.2) is 133 Å². The minimum atomic E-state index is -0.312. The van der Waals surface area contributed by atoms with Gasteiger partial charge >= 0.3 is 0 Å². The van der Waals surface area contributed by atoms with E-state index in [1.165, 1.54) is 28.1 Å². The van der Waals surface area contributed by atoms with Crippen LogP contribution in [0.1, 0.15) is 23.1 Å². The van der Waals surface area contributed by atoms with E-state index in [4.69, 9.17) is 0 Å².